The maximum Gasteiger partial charge on any atom is 0.251 e. The first-order valence-electron chi connectivity index (χ1n) is 10.5. The van der Waals surface area contributed by atoms with Crippen molar-refractivity contribution >= 4 is 23.3 Å². The summed E-state index contributed by atoms with van der Waals surface area (Å²) in [6.07, 6.45) is 0.757. The lowest BCUT2D eigenvalue weighted by atomic mass is 9.80. The third kappa shape index (κ3) is 4.54. The van der Waals surface area contributed by atoms with Gasteiger partial charge in [-0.1, -0.05) is 13.8 Å². The van der Waals surface area contributed by atoms with Crippen LogP contribution >= 0.6 is 0 Å². The first kappa shape index (κ1) is 22.7. The topological polar surface area (TPSA) is 94.6 Å². The summed E-state index contributed by atoms with van der Waals surface area (Å²) in [7, 11) is 0. The molecule has 2 amide bonds. The zero-order valence-electron chi connectivity index (χ0n) is 18.3. The van der Waals surface area contributed by atoms with Crippen LogP contribution in [0.25, 0.3) is 0 Å². The lowest BCUT2D eigenvalue weighted by molar-refractivity contribution is -0.117. The molecule has 1 aromatic carbocycles. The van der Waals surface area contributed by atoms with Gasteiger partial charge in [0.1, 0.15) is 11.6 Å². The van der Waals surface area contributed by atoms with E-state index in [1.54, 1.807) is 43.0 Å². The Morgan fingerprint density at radius 2 is 2.00 bits per heavy atom. The number of carbonyl (C=O) groups is 2. The number of aryl methyl sites for hydroxylation is 1. The largest absolute Gasteiger partial charge is 0.395 e. The SMILES string of the molecule is CC[C@H]1[C@H](C)[C@@H](Nc2ccc(F)c(C)n2)c2cc(C(=O)NCCO)ccc2N1C(C)=O. The molecular weight excluding hydrogens is 399 g/mol. The number of aliphatic hydroxyl groups is 1. The zero-order chi connectivity index (χ0) is 22.7. The van der Waals surface area contributed by atoms with Crippen molar-refractivity contribution in [3.63, 3.8) is 0 Å². The van der Waals surface area contributed by atoms with Crippen molar-refractivity contribution in [2.45, 2.75) is 46.2 Å². The Kier molecular flexibility index (Phi) is 6.90. The average Bonchev–Trinajstić information content (AvgIpc) is 2.75. The van der Waals surface area contributed by atoms with Gasteiger partial charge in [0.25, 0.3) is 5.91 Å². The van der Waals surface area contributed by atoms with Gasteiger partial charge in [-0.15, -0.1) is 0 Å². The quantitative estimate of drug-likeness (QED) is 0.657. The Hall–Kier alpha value is -3.00. The predicted octanol–water partition coefficient (Wildman–Crippen LogP) is 3.19. The highest BCUT2D eigenvalue weighted by Crippen LogP contribution is 2.43. The summed E-state index contributed by atoms with van der Waals surface area (Å²) in [5.41, 5.74) is 2.27. The fraction of sp³-hybridized carbons (Fsp3) is 0.435. The number of nitrogens with zero attached hydrogens (tertiary/aromatic N) is 2. The molecule has 0 saturated heterocycles. The Bertz CT molecular complexity index is 981. The molecule has 3 N–H and O–H groups in total. The minimum atomic E-state index is -0.375. The van der Waals surface area contributed by atoms with Gasteiger partial charge >= 0.3 is 0 Å². The summed E-state index contributed by atoms with van der Waals surface area (Å²) in [6.45, 7) is 7.25. The van der Waals surface area contributed by atoms with Gasteiger partial charge in [-0.2, -0.15) is 0 Å². The predicted molar refractivity (Wildman–Crippen MR) is 118 cm³/mol. The molecule has 0 fully saturated rings. The third-order valence-corrected chi connectivity index (χ3v) is 5.83. The highest BCUT2D eigenvalue weighted by molar-refractivity contribution is 5.98. The Morgan fingerprint density at radius 1 is 1.26 bits per heavy atom. The number of hydrogen-bond acceptors (Lipinski definition) is 5. The number of amides is 2. The fourth-order valence-corrected chi connectivity index (χ4v) is 4.31. The van der Waals surface area contributed by atoms with Crippen LogP contribution in [-0.2, 0) is 4.79 Å². The number of benzene rings is 1. The number of carbonyl (C=O) groups excluding carboxylic acids is 2. The second-order valence-electron chi connectivity index (χ2n) is 7.86. The van der Waals surface area contributed by atoms with E-state index in [0.29, 0.717) is 17.1 Å². The van der Waals surface area contributed by atoms with Crippen molar-refractivity contribution in [3.8, 4) is 0 Å². The number of aromatic nitrogens is 1. The average molecular weight is 429 g/mol. The molecule has 0 radical (unpaired) electrons. The van der Waals surface area contributed by atoms with Crippen molar-refractivity contribution in [2.75, 3.05) is 23.4 Å². The van der Waals surface area contributed by atoms with E-state index in [-0.39, 0.29) is 48.8 Å². The van der Waals surface area contributed by atoms with E-state index in [2.05, 4.69) is 22.5 Å². The molecule has 1 aromatic heterocycles. The number of hydrogen-bond donors (Lipinski definition) is 3. The number of nitrogens with one attached hydrogen (secondary N) is 2. The van der Waals surface area contributed by atoms with E-state index in [1.165, 1.54) is 6.07 Å². The van der Waals surface area contributed by atoms with Gasteiger partial charge in [0, 0.05) is 36.7 Å². The number of aliphatic hydroxyl groups excluding tert-OH is 1. The number of rotatable bonds is 6. The van der Waals surface area contributed by atoms with Gasteiger partial charge in [0.15, 0.2) is 0 Å². The first-order chi connectivity index (χ1) is 14.8. The van der Waals surface area contributed by atoms with Gasteiger partial charge in [-0.05, 0) is 49.2 Å². The third-order valence-electron chi connectivity index (χ3n) is 5.83. The van der Waals surface area contributed by atoms with Gasteiger partial charge in [0.05, 0.1) is 18.3 Å². The Labute approximate surface area is 181 Å². The summed E-state index contributed by atoms with van der Waals surface area (Å²) < 4.78 is 13.7. The number of fused-ring (bicyclic) bond motifs is 1. The molecule has 8 heteroatoms. The second kappa shape index (κ2) is 9.43. The van der Waals surface area contributed by atoms with E-state index in [9.17, 15) is 14.0 Å². The molecule has 31 heavy (non-hydrogen) atoms. The van der Waals surface area contributed by atoms with Crippen LogP contribution in [0.3, 0.4) is 0 Å². The maximum absolute atomic E-state index is 13.7. The molecule has 3 atom stereocenters. The lowest BCUT2D eigenvalue weighted by Crippen LogP contribution is -2.49. The molecular formula is C23H29FN4O3. The highest BCUT2D eigenvalue weighted by Gasteiger charge is 2.40. The smallest absolute Gasteiger partial charge is 0.251 e. The van der Waals surface area contributed by atoms with E-state index in [0.717, 1.165) is 17.7 Å². The summed E-state index contributed by atoms with van der Waals surface area (Å²) in [4.78, 5) is 31.1. The standard InChI is InChI=1S/C23H29FN4O3/c1-5-19-13(2)22(27-21-9-7-18(24)14(3)26-21)17-12-16(23(31)25-10-11-29)6-8-20(17)28(19)15(4)30/h6-9,12-13,19,22,29H,5,10-11H2,1-4H3,(H,25,31)(H,26,27)/t13-,19-,22+/m0/s1. The van der Waals surface area contributed by atoms with Crippen molar-refractivity contribution in [2.24, 2.45) is 5.92 Å². The Balaban J connectivity index is 2.08. The molecule has 166 valence electrons. The zero-order valence-corrected chi connectivity index (χ0v) is 18.3. The molecule has 0 aliphatic carbocycles. The molecule has 7 nitrogen and oxygen atoms in total. The summed E-state index contributed by atoms with van der Waals surface area (Å²) in [6, 6.07) is 7.92. The minimum Gasteiger partial charge on any atom is -0.395 e. The van der Waals surface area contributed by atoms with E-state index < -0.39 is 0 Å². The molecule has 0 spiro atoms. The van der Waals surface area contributed by atoms with Crippen LogP contribution in [-0.4, -0.2) is 41.1 Å². The fourth-order valence-electron chi connectivity index (χ4n) is 4.31. The molecule has 3 rings (SSSR count). The summed E-state index contributed by atoms with van der Waals surface area (Å²) in [5, 5.41) is 15.0. The molecule has 0 unspecified atom stereocenters. The molecule has 2 heterocycles. The van der Waals surface area contributed by atoms with Crippen LogP contribution in [0, 0.1) is 18.7 Å². The van der Waals surface area contributed by atoms with Gasteiger partial charge in [0.2, 0.25) is 5.91 Å². The highest BCUT2D eigenvalue weighted by atomic mass is 19.1. The van der Waals surface area contributed by atoms with E-state index >= 15 is 0 Å². The van der Waals surface area contributed by atoms with Crippen molar-refractivity contribution in [1.82, 2.24) is 10.3 Å². The Morgan fingerprint density at radius 3 is 2.61 bits per heavy atom. The first-order valence-corrected chi connectivity index (χ1v) is 10.5. The van der Waals surface area contributed by atoms with Crippen LogP contribution in [0.15, 0.2) is 30.3 Å². The van der Waals surface area contributed by atoms with Crippen molar-refractivity contribution < 1.29 is 19.1 Å². The van der Waals surface area contributed by atoms with Crippen LogP contribution < -0.4 is 15.5 Å². The summed E-state index contributed by atoms with van der Waals surface area (Å²) >= 11 is 0. The van der Waals surface area contributed by atoms with Crippen LogP contribution in [0.4, 0.5) is 15.9 Å². The monoisotopic (exact) mass is 428 g/mol. The van der Waals surface area contributed by atoms with Gasteiger partial charge in [-0.25, -0.2) is 9.37 Å². The molecule has 2 aromatic rings. The number of pyridine rings is 1. The van der Waals surface area contributed by atoms with Crippen molar-refractivity contribution in [3.05, 3.63) is 53.0 Å². The van der Waals surface area contributed by atoms with Crippen LogP contribution in [0.2, 0.25) is 0 Å². The van der Waals surface area contributed by atoms with Crippen LogP contribution in [0.1, 0.15) is 54.8 Å². The normalized spacial score (nSPS) is 20.2. The minimum absolute atomic E-state index is 0.00399. The van der Waals surface area contributed by atoms with Crippen LogP contribution in [0.5, 0.6) is 0 Å². The van der Waals surface area contributed by atoms with E-state index in [4.69, 9.17) is 5.11 Å². The molecule has 1 aliphatic rings. The number of halogens is 1. The van der Waals surface area contributed by atoms with Crippen molar-refractivity contribution in [1.29, 1.82) is 0 Å². The van der Waals surface area contributed by atoms with Gasteiger partial charge < -0.3 is 20.6 Å². The van der Waals surface area contributed by atoms with E-state index in [1.807, 2.05) is 6.92 Å². The summed E-state index contributed by atoms with van der Waals surface area (Å²) in [5.74, 6) is -0.204. The van der Waals surface area contributed by atoms with Gasteiger partial charge in [-0.3, -0.25) is 9.59 Å². The maximum atomic E-state index is 13.7. The number of anilines is 2. The molecule has 1 aliphatic heterocycles. The molecule has 0 bridgehead atoms. The molecule has 0 saturated carbocycles. The second-order valence-corrected chi connectivity index (χ2v) is 7.86. The lowest BCUT2D eigenvalue weighted by Gasteiger charge is -2.45.